The van der Waals surface area contributed by atoms with E-state index in [0.29, 0.717) is 15.5 Å². The number of nitrogens with one attached hydrogen (secondary N) is 1. The first kappa shape index (κ1) is 32.7. The number of nitrogens with two attached hydrogens (primary N) is 1. The Morgan fingerprint density at radius 3 is 2.27 bits per heavy atom. The molecule has 19 heteroatoms. The predicted molar refractivity (Wildman–Crippen MR) is 130 cm³/mol. The van der Waals surface area contributed by atoms with Crippen LogP contribution in [0.15, 0.2) is 24.5 Å². The minimum Gasteiger partial charge on any atom is -0.382 e. The Hall–Kier alpha value is -4.19. The van der Waals surface area contributed by atoms with E-state index in [4.69, 9.17) is 5.73 Å². The molecule has 2 atom stereocenters. The molecular weight excluding hydrogens is 625 g/mol. The Morgan fingerprint density at radius 2 is 1.70 bits per heavy atom. The van der Waals surface area contributed by atoms with Crippen molar-refractivity contribution in [2.45, 2.75) is 50.5 Å². The summed E-state index contributed by atoms with van der Waals surface area (Å²) in [6, 6.07) is 1.18. The first-order valence-corrected chi connectivity index (χ1v) is 12.6. The quantitative estimate of drug-likeness (QED) is 0.363. The van der Waals surface area contributed by atoms with Crippen LogP contribution in [0.25, 0.3) is 16.8 Å². The van der Waals surface area contributed by atoms with Crippen LogP contribution in [0.4, 0.5) is 54.1 Å². The van der Waals surface area contributed by atoms with Crippen molar-refractivity contribution in [2.24, 2.45) is 5.92 Å². The van der Waals surface area contributed by atoms with Gasteiger partial charge in [0.1, 0.15) is 23.8 Å². The molecule has 1 aliphatic heterocycles. The maximum absolute atomic E-state index is 15.9. The molecular formula is C25H21F11N6O2. The number of nitrogens with zero attached hydrogens (tertiary/aromatic N) is 4. The minimum absolute atomic E-state index is 0.00236. The topological polar surface area (TPSA) is 106 Å². The Labute approximate surface area is 240 Å². The number of aromatic nitrogens is 3. The number of hydrogen-bond donors (Lipinski definition) is 2. The number of aryl methyl sites for hydroxylation is 1. The number of anilines is 1. The highest BCUT2D eigenvalue weighted by Gasteiger charge is 2.57. The van der Waals surface area contributed by atoms with E-state index >= 15 is 4.39 Å². The molecule has 1 saturated heterocycles. The first-order valence-electron chi connectivity index (χ1n) is 12.6. The Bertz CT molecular complexity index is 1570. The predicted octanol–water partition coefficient (Wildman–Crippen LogP) is 5.11. The standard InChI is InChI=1S/C25H21F11N6O2/c1-2-10-3-4-11(15-5-12(23(28,29)30)20-21(37)38-9-39-42(15)20)19(27)18(10)22(44)40-14-8-41(7-13(14)26)17(43)6-16(24(31,32)33)25(34,35)36/h3-5,9,13-14,16H,2,6-8H2,1H3,(H,40,44)(H2,37,38,39)/t13-,14+/m0/s1. The van der Waals surface area contributed by atoms with Gasteiger partial charge in [0.15, 0.2) is 11.7 Å². The van der Waals surface area contributed by atoms with E-state index < -0.39 is 108 Å². The Balaban J connectivity index is 1.63. The lowest BCUT2D eigenvalue weighted by Crippen LogP contribution is -2.43. The number of hydrogen-bond acceptors (Lipinski definition) is 5. The van der Waals surface area contributed by atoms with E-state index in [1.165, 1.54) is 13.0 Å². The molecule has 0 saturated carbocycles. The van der Waals surface area contributed by atoms with E-state index in [0.717, 1.165) is 12.4 Å². The number of rotatable bonds is 6. The van der Waals surface area contributed by atoms with Gasteiger partial charge in [-0.25, -0.2) is 18.3 Å². The van der Waals surface area contributed by atoms with Crippen molar-refractivity contribution in [1.82, 2.24) is 24.8 Å². The van der Waals surface area contributed by atoms with Crippen LogP contribution in [-0.2, 0) is 17.4 Å². The van der Waals surface area contributed by atoms with Gasteiger partial charge in [-0.15, -0.1) is 0 Å². The number of carbonyl (C=O) groups is 2. The van der Waals surface area contributed by atoms with Crippen molar-refractivity contribution >= 4 is 23.1 Å². The Kier molecular flexibility index (Phi) is 8.47. The van der Waals surface area contributed by atoms with Crippen molar-refractivity contribution in [2.75, 3.05) is 18.8 Å². The molecule has 3 heterocycles. The van der Waals surface area contributed by atoms with Crippen molar-refractivity contribution in [3.63, 3.8) is 0 Å². The Morgan fingerprint density at radius 1 is 1.07 bits per heavy atom. The molecule has 2 amide bonds. The number of benzene rings is 1. The van der Waals surface area contributed by atoms with E-state index in [2.05, 4.69) is 15.4 Å². The SMILES string of the molecule is CCc1ccc(-c2cc(C(F)(F)F)c3c(N)ncnn23)c(F)c1C(=O)N[C@@H]1CN(C(=O)CC(C(F)(F)F)C(F)(F)F)C[C@@H]1F. The summed E-state index contributed by atoms with van der Waals surface area (Å²) >= 11 is 0. The normalized spacial score (nSPS) is 18.0. The molecule has 4 rings (SSSR count). The number of likely N-dealkylation sites (tertiary alicyclic amines) is 1. The van der Waals surface area contributed by atoms with Crippen molar-refractivity contribution in [3.05, 3.63) is 47.0 Å². The van der Waals surface area contributed by atoms with Crippen LogP contribution in [0, 0.1) is 11.7 Å². The third-order valence-electron chi connectivity index (χ3n) is 7.09. The molecule has 1 fully saturated rings. The highest BCUT2D eigenvalue weighted by Crippen LogP contribution is 2.42. The number of fused-ring (bicyclic) bond motifs is 1. The van der Waals surface area contributed by atoms with Gasteiger partial charge in [-0.2, -0.15) is 44.6 Å². The monoisotopic (exact) mass is 646 g/mol. The van der Waals surface area contributed by atoms with Gasteiger partial charge in [0.05, 0.1) is 29.4 Å². The van der Waals surface area contributed by atoms with Gasteiger partial charge in [0.25, 0.3) is 5.91 Å². The lowest BCUT2D eigenvalue weighted by Gasteiger charge is -2.25. The zero-order chi connectivity index (χ0) is 32.9. The molecule has 240 valence electrons. The van der Waals surface area contributed by atoms with Crippen LogP contribution in [0.2, 0.25) is 0 Å². The lowest BCUT2D eigenvalue weighted by molar-refractivity contribution is -0.284. The molecule has 0 unspecified atom stereocenters. The van der Waals surface area contributed by atoms with Crippen LogP contribution in [0.3, 0.4) is 0 Å². The summed E-state index contributed by atoms with van der Waals surface area (Å²) < 4.78 is 150. The fourth-order valence-electron chi connectivity index (χ4n) is 4.90. The molecule has 0 bridgehead atoms. The largest absolute Gasteiger partial charge is 0.418 e. The third-order valence-corrected chi connectivity index (χ3v) is 7.09. The molecule has 3 aromatic rings. The average Bonchev–Trinajstić information content (AvgIpc) is 3.47. The van der Waals surface area contributed by atoms with Gasteiger partial charge in [-0.3, -0.25) is 9.59 Å². The zero-order valence-electron chi connectivity index (χ0n) is 22.2. The van der Waals surface area contributed by atoms with Gasteiger partial charge in [0.2, 0.25) is 5.91 Å². The second kappa shape index (κ2) is 11.4. The van der Waals surface area contributed by atoms with Crippen LogP contribution < -0.4 is 11.1 Å². The van der Waals surface area contributed by atoms with Gasteiger partial charge < -0.3 is 16.0 Å². The van der Waals surface area contributed by atoms with Crippen LogP contribution in [-0.4, -0.2) is 69.0 Å². The molecule has 1 aromatic carbocycles. The second-order valence-corrected chi connectivity index (χ2v) is 9.90. The van der Waals surface area contributed by atoms with Crippen molar-refractivity contribution in [1.29, 1.82) is 0 Å². The van der Waals surface area contributed by atoms with Gasteiger partial charge in [0, 0.05) is 18.5 Å². The van der Waals surface area contributed by atoms with E-state index in [1.54, 1.807) is 0 Å². The van der Waals surface area contributed by atoms with E-state index in [9.17, 15) is 53.5 Å². The van der Waals surface area contributed by atoms with Gasteiger partial charge in [-0.1, -0.05) is 13.0 Å². The fourth-order valence-corrected chi connectivity index (χ4v) is 4.90. The maximum Gasteiger partial charge on any atom is 0.418 e. The molecule has 0 radical (unpaired) electrons. The number of nitrogen functional groups attached to an aromatic ring is 1. The summed E-state index contributed by atoms with van der Waals surface area (Å²) in [6.45, 7) is -0.280. The van der Waals surface area contributed by atoms with E-state index in [1.807, 2.05) is 0 Å². The van der Waals surface area contributed by atoms with Crippen LogP contribution >= 0.6 is 0 Å². The molecule has 1 aliphatic rings. The maximum atomic E-state index is 15.9. The van der Waals surface area contributed by atoms with Crippen LogP contribution in [0.1, 0.15) is 34.8 Å². The highest BCUT2D eigenvalue weighted by atomic mass is 19.4. The number of halogens is 11. The van der Waals surface area contributed by atoms with Gasteiger partial charge in [-0.05, 0) is 24.1 Å². The zero-order valence-corrected chi connectivity index (χ0v) is 22.2. The van der Waals surface area contributed by atoms with Gasteiger partial charge >= 0.3 is 18.5 Å². The number of carbonyl (C=O) groups excluding carboxylic acids is 2. The molecule has 44 heavy (non-hydrogen) atoms. The summed E-state index contributed by atoms with van der Waals surface area (Å²) in [7, 11) is 0. The molecule has 8 nitrogen and oxygen atoms in total. The summed E-state index contributed by atoms with van der Waals surface area (Å²) in [4.78, 5) is 29.3. The fraction of sp³-hybridized carbons (Fsp3) is 0.440. The third kappa shape index (κ3) is 6.21. The summed E-state index contributed by atoms with van der Waals surface area (Å²) in [6.07, 6.45) is -20.0. The summed E-state index contributed by atoms with van der Waals surface area (Å²) in [5.74, 6) is -8.88. The minimum atomic E-state index is -5.81. The molecule has 0 spiro atoms. The van der Waals surface area contributed by atoms with E-state index in [-0.39, 0.29) is 12.0 Å². The number of alkyl halides is 10. The van der Waals surface area contributed by atoms with Crippen molar-refractivity contribution < 1.29 is 57.9 Å². The number of amides is 2. The highest BCUT2D eigenvalue weighted by molar-refractivity contribution is 5.98. The first-order chi connectivity index (χ1) is 20.3. The summed E-state index contributed by atoms with van der Waals surface area (Å²) in [5, 5.41) is 5.80. The second-order valence-electron chi connectivity index (χ2n) is 9.90. The van der Waals surface area contributed by atoms with Crippen LogP contribution in [0.5, 0.6) is 0 Å². The molecule has 2 aromatic heterocycles. The van der Waals surface area contributed by atoms with Crippen molar-refractivity contribution in [3.8, 4) is 11.3 Å². The summed E-state index contributed by atoms with van der Waals surface area (Å²) in [5.41, 5.74) is 1.91. The molecule has 3 N–H and O–H groups in total. The smallest absolute Gasteiger partial charge is 0.382 e. The lowest BCUT2D eigenvalue weighted by atomic mass is 9.98. The average molecular weight is 646 g/mol. The molecule has 0 aliphatic carbocycles.